The fraction of sp³-hybridized carbons (Fsp3) is 0.176. The topological polar surface area (TPSA) is 37.4 Å². The molecule has 22 heavy (non-hydrogen) atoms. The van der Waals surface area contributed by atoms with E-state index in [1.54, 1.807) is 42.5 Å². The van der Waals surface area contributed by atoms with Crippen molar-refractivity contribution in [2.45, 2.75) is 12.3 Å². The largest absolute Gasteiger partial charge is 0.274 e. The lowest BCUT2D eigenvalue weighted by molar-refractivity contribution is 0.0558. The van der Waals surface area contributed by atoms with Crippen LogP contribution in [0.4, 0.5) is 8.78 Å². The van der Waals surface area contributed by atoms with Gasteiger partial charge >= 0.3 is 0 Å². The second kappa shape index (κ2) is 5.67. The molecule has 0 fully saturated rings. The van der Waals surface area contributed by atoms with Gasteiger partial charge in [-0.2, -0.15) is 0 Å². The average molecular weight is 301 g/mol. The van der Waals surface area contributed by atoms with E-state index >= 15 is 0 Å². The Morgan fingerprint density at radius 1 is 0.818 bits per heavy atom. The predicted octanol–water partition coefficient (Wildman–Crippen LogP) is 3.33. The molecular formula is C17H13F2NO2. The normalized spacial score (nSPS) is 15.3. The summed E-state index contributed by atoms with van der Waals surface area (Å²) in [6.07, 6.45) is -2.66. The maximum atomic E-state index is 13.4. The Hall–Kier alpha value is -2.56. The average Bonchev–Trinajstić information content (AvgIpc) is 2.78. The van der Waals surface area contributed by atoms with Crippen molar-refractivity contribution < 1.29 is 18.4 Å². The highest BCUT2D eigenvalue weighted by molar-refractivity contribution is 6.21. The molecule has 0 aliphatic carbocycles. The molecule has 0 saturated heterocycles. The molecule has 0 unspecified atom stereocenters. The van der Waals surface area contributed by atoms with Gasteiger partial charge in [0.2, 0.25) is 6.43 Å². The lowest BCUT2D eigenvalue weighted by Gasteiger charge is -2.22. The van der Waals surface area contributed by atoms with Gasteiger partial charge in [0.25, 0.3) is 11.8 Å². The fourth-order valence-corrected chi connectivity index (χ4v) is 2.63. The molecule has 1 aliphatic rings. The van der Waals surface area contributed by atoms with Gasteiger partial charge in [0.15, 0.2) is 0 Å². The van der Waals surface area contributed by atoms with E-state index in [1.165, 1.54) is 12.1 Å². The van der Waals surface area contributed by atoms with Crippen molar-refractivity contribution in [2.75, 3.05) is 6.54 Å². The summed E-state index contributed by atoms with van der Waals surface area (Å²) in [6, 6.07) is 14.6. The van der Waals surface area contributed by atoms with Crippen molar-refractivity contribution in [3.8, 4) is 0 Å². The molecule has 0 N–H and O–H groups in total. The molecule has 112 valence electrons. The van der Waals surface area contributed by atoms with E-state index in [0.29, 0.717) is 5.56 Å². The molecule has 0 radical (unpaired) electrons. The molecule has 5 heteroatoms. The molecule has 0 spiro atoms. The van der Waals surface area contributed by atoms with Gasteiger partial charge in [0, 0.05) is 6.54 Å². The van der Waals surface area contributed by atoms with Gasteiger partial charge in [-0.25, -0.2) is 8.78 Å². The van der Waals surface area contributed by atoms with Gasteiger partial charge < -0.3 is 0 Å². The Bertz CT molecular complexity index is 681. The standard InChI is InChI=1S/C17H13F2NO2/c18-15(19)14(11-6-2-1-3-7-11)10-20-16(21)12-8-4-5-9-13(12)17(20)22/h1-9,14-15H,10H2/t14-/m0/s1. The monoisotopic (exact) mass is 301 g/mol. The minimum Gasteiger partial charge on any atom is -0.274 e. The Balaban J connectivity index is 1.89. The second-order valence-corrected chi connectivity index (χ2v) is 5.12. The number of halogens is 2. The highest BCUT2D eigenvalue weighted by Gasteiger charge is 2.38. The van der Waals surface area contributed by atoms with Crippen molar-refractivity contribution >= 4 is 11.8 Å². The first-order valence-electron chi connectivity index (χ1n) is 6.88. The Morgan fingerprint density at radius 3 is 1.82 bits per heavy atom. The number of carbonyl (C=O) groups excluding carboxylic acids is 2. The number of nitrogens with zero attached hydrogens (tertiary/aromatic N) is 1. The van der Waals surface area contributed by atoms with Crippen LogP contribution in [0.15, 0.2) is 54.6 Å². The third-order valence-corrected chi connectivity index (χ3v) is 3.79. The van der Waals surface area contributed by atoms with Crippen LogP contribution in [0.2, 0.25) is 0 Å². The molecule has 0 bridgehead atoms. The third kappa shape index (κ3) is 2.39. The number of rotatable bonds is 4. The minimum atomic E-state index is -2.66. The number of hydrogen-bond donors (Lipinski definition) is 0. The first kappa shape index (κ1) is 14.4. The molecule has 1 heterocycles. The lowest BCUT2D eigenvalue weighted by atomic mass is 9.99. The number of carbonyl (C=O) groups is 2. The van der Waals surface area contributed by atoms with Crippen LogP contribution in [-0.4, -0.2) is 29.7 Å². The summed E-state index contributed by atoms with van der Waals surface area (Å²) in [5, 5.41) is 0. The predicted molar refractivity (Wildman–Crippen MR) is 77.0 cm³/mol. The first-order chi connectivity index (χ1) is 10.6. The smallest absolute Gasteiger partial charge is 0.261 e. The summed E-state index contributed by atoms with van der Waals surface area (Å²) in [4.78, 5) is 25.4. The van der Waals surface area contributed by atoms with E-state index in [1.807, 2.05) is 0 Å². The Kier molecular flexibility index (Phi) is 3.71. The molecule has 3 rings (SSSR count). The van der Waals surface area contributed by atoms with E-state index in [4.69, 9.17) is 0 Å². The minimum absolute atomic E-state index is 0.272. The zero-order valence-electron chi connectivity index (χ0n) is 11.6. The SMILES string of the molecule is O=C1c2ccccc2C(=O)N1C[C@@H](c1ccccc1)C(F)F. The zero-order valence-corrected chi connectivity index (χ0v) is 11.6. The van der Waals surface area contributed by atoms with Crippen LogP contribution in [0, 0.1) is 0 Å². The number of benzene rings is 2. The third-order valence-electron chi connectivity index (χ3n) is 3.79. The van der Waals surface area contributed by atoms with Crippen molar-refractivity contribution in [1.29, 1.82) is 0 Å². The highest BCUT2D eigenvalue weighted by Crippen LogP contribution is 2.29. The van der Waals surface area contributed by atoms with Gasteiger partial charge in [0.1, 0.15) is 0 Å². The second-order valence-electron chi connectivity index (χ2n) is 5.12. The van der Waals surface area contributed by atoms with Crippen LogP contribution in [-0.2, 0) is 0 Å². The molecule has 0 saturated carbocycles. The molecule has 3 nitrogen and oxygen atoms in total. The number of fused-ring (bicyclic) bond motifs is 1. The van der Waals surface area contributed by atoms with Crippen molar-refractivity contribution in [1.82, 2.24) is 4.90 Å². The van der Waals surface area contributed by atoms with Crippen LogP contribution >= 0.6 is 0 Å². The van der Waals surface area contributed by atoms with Gasteiger partial charge in [-0.05, 0) is 17.7 Å². The number of hydrogen-bond acceptors (Lipinski definition) is 2. The number of amides is 2. The van der Waals surface area contributed by atoms with E-state index < -0.39 is 24.2 Å². The van der Waals surface area contributed by atoms with Gasteiger partial charge in [-0.1, -0.05) is 42.5 Å². The zero-order chi connectivity index (χ0) is 15.7. The number of imide groups is 1. The molecule has 1 aliphatic heterocycles. The summed E-state index contributed by atoms with van der Waals surface area (Å²) in [5.74, 6) is -2.22. The fourth-order valence-electron chi connectivity index (χ4n) is 2.63. The summed E-state index contributed by atoms with van der Waals surface area (Å²) in [6.45, 7) is -0.325. The highest BCUT2D eigenvalue weighted by atomic mass is 19.3. The molecule has 2 amide bonds. The molecule has 0 aromatic heterocycles. The maximum Gasteiger partial charge on any atom is 0.261 e. The van der Waals surface area contributed by atoms with Crippen molar-refractivity contribution in [2.24, 2.45) is 0 Å². The van der Waals surface area contributed by atoms with Gasteiger partial charge in [-0.15, -0.1) is 0 Å². The van der Waals surface area contributed by atoms with Crippen molar-refractivity contribution in [3.05, 3.63) is 71.3 Å². The van der Waals surface area contributed by atoms with Crippen LogP contribution in [0.3, 0.4) is 0 Å². The summed E-state index contributed by atoms with van der Waals surface area (Å²) in [5.41, 5.74) is 0.955. The quantitative estimate of drug-likeness (QED) is 0.812. The lowest BCUT2D eigenvalue weighted by Crippen LogP contribution is -2.35. The summed E-state index contributed by atoms with van der Waals surface area (Å²) < 4.78 is 26.7. The molecule has 2 aromatic carbocycles. The van der Waals surface area contributed by atoms with Crippen LogP contribution in [0.1, 0.15) is 32.2 Å². The van der Waals surface area contributed by atoms with Crippen LogP contribution < -0.4 is 0 Å². The Labute approximate surface area is 126 Å². The van der Waals surface area contributed by atoms with E-state index in [0.717, 1.165) is 4.90 Å². The summed E-state index contributed by atoms with van der Waals surface area (Å²) >= 11 is 0. The van der Waals surface area contributed by atoms with Gasteiger partial charge in [-0.3, -0.25) is 14.5 Å². The summed E-state index contributed by atoms with van der Waals surface area (Å²) in [7, 11) is 0. The van der Waals surface area contributed by atoms with Crippen molar-refractivity contribution in [3.63, 3.8) is 0 Å². The Morgan fingerprint density at radius 2 is 1.32 bits per heavy atom. The van der Waals surface area contributed by atoms with E-state index in [-0.39, 0.29) is 17.7 Å². The van der Waals surface area contributed by atoms with Crippen LogP contribution in [0.25, 0.3) is 0 Å². The van der Waals surface area contributed by atoms with E-state index in [9.17, 15) is 18.4 Å². The molecular weight excluding hydrogens is 288 g/mol. The van der Waals surface area contributed by atoms with Crippen LogP contribution in [0.5, 0.6) is 0 Å². The number of alkyl halides is 2. The van der Waals surface area contributed by atoms with Gasteiger partial charge in [0.05, 0.1) is 17.0 Å². The van der Waals surface area contributed by atoms with E-state index in [2.05, 4.69) is 0 Å². The molecule has 2 aromatic rings. The maximum absolute atomic E-state index is 13.4. The molecule has 1 atom stereocenters. The first-order valence-corrected chi connectivity index (χ1v) is 6.88.